The van der Waals surface area contributed by atoms with Crippen LogP contribution in [0.5, 0.6) is 11.5 Å². The van der Waals surface area contributed by atoms with Crippen molar-refractivity contribution in [2.75, 3.05) is 0 Å². The summed E-state index contributed by atoms with van der Waals surface area (Å²) in [5, 5.41) is 2.25. The van der Waals surface area contributed by atoms with E-state index in [0.717, 1.165) is 117 Å². The second-order valence-electron chi connectivity index (χ2n) is 18.5. The molecule has 2 aromatic heterocycles. The largest absolute Gasteiger partial charge is 0.458 e. The van der Waals surface area contributed by atoms with Crippen molar-refractivity contribution in [3.05, 3.63) is 292 Å². The van der Waals surface area contributed by atoms with Crippen LogP contribution in [0.15, 0.2) is 285 Å². The quantitative estimate of drug-likeness (QED) is 0.0955. The summed E-state index contributed by atoms with van der Waals surface area (Å²) in [7, 11) is 0. The number of hydrogen-bond donors (Lipinski definition) is 0. The van der Waals surface area contributed by atoms with E-state index in [9.17, 15) is 0 Å². The van der Waals surface area contributed by atoms with E-state index in [1.54, 1.807) is 0 Å². The van der Waals surface area contributed by atoms with Gasteiger partial charge in [-0.3, -0.25) is 14.1 Å². The molecule has 4 nitrogen and oxygen atoms in total. The Bertz CT molecular complexity index is 3880. The first-order valence-corrected chi connectivity index (χ1v) is 25.0. The van der Waals surface area contributed by atoms with Gasteiger partial charge in [-0.2, -0.15) is 0 Å². The first-order chi connectivity index (χ1) is 36.7. The van der Waals surface area contributed by atoms with Crippen LogP contribution in [0, 0.1) is 6.33 Å². The van der Waals surface area contributed by atoms with Crippen molar-refractivity contribution < 1.29 is 9.30 Å². The molecule has 0 amide bonds. The molecule has 0 unspecified atom stereocenters. The predicted molar refractivity (Wildman–Crippen MR) is 304 cm³/mol. The van der Waals surface area contributed by atoms with Crippen LogP contribution in [0.4, 0.5) is 0 Å². The van der Waals surface area contributed by atoms with E-state index in [1.807, 2.05) is 36.5 Å². The second-order valence-corrected chi connectivity index (χ2v) is 18.5. The van der Waals surface area contributed by atoms with Crippen LogP contribution in [-0.2, 0) is 0 Å². The Balaban J connectivity index is 1.01. The third kappa shape index (κ3) is 8.61. The topological polar surface area (TPSA) is 30.9 Å². The number of aromatic nitrogens is 3. The van der Waals surface area contributed by atoms with Gasteiger partial charge in [0.2, 0.25) is 0 Å². The molecule has 4 heteroatoms. The molecule has 11 aromatic carbocycles. The highest BCUT2D eigenvalue weighted by Gasteiger charge is 2.22. The standard InChI is InChI=1S/C70H47N3O/c1-5-20-49(21-6-1)55-40-56(50-22-7-2-8-23-50)43-59(42-55)65-34-19-35-66(60-44-57(51-24-9-3-10-25-51)41-58(45-60)52-26-11-4-12-27-52)70(65)73-48-72(67-36-15-16-37-68(67)73)61-30-18-32-63(47-61)74-62-31-17-29-54(46-62)69-64-33-14-13-28-53(64)38-39-71-69/h1-47H. The summed E-state index contributed by atoms with van der Waals surface area (Å²) in [5.41, 5.74) is 19.4. The van der Waals surface area contributed by atoms with E-state index in [2.05, 4.69) is 264 Å². The van der Waals surface area contributed by atoms with Gasteiger partial charge < -0.3 is 4.74 Å². The molecule has 0 spiro atoms. The van der Waals surface area contributed by atoms with E-state index in [1.165, 1.54) is 0 Å². The number of benzene rings is 11. The molecule has 2 heterocycles. The fourth-order valence-electron chi connectivity index (χ4n) is 10.3. The molecule has 74 heavy (non-hydrogen) atoms. The zero-order valence-electron chi connectivity index (χ0n) is 40.4. The van der Waals surface area contributed by atoms with Crippen molar-refractivity contribution in [2.45, 2.75) is 0 Å². The van der Waals surface area contributed by atoms with Crippen LogP contribution in [0.25, 0.3) is 111 Å². The summed E-state index contributed by atoms with van der Waals surface area (Å²) in [4.78, 5) is 4.79. The number of imidazole rings is 1. The maximum atomic E-state index is 6.70. The van der Waals surface area contributed by atoms with Crippen molar-refractivity contribution in [2.24, 2.45) is 0 Å². The Morgan fingerprint density at radius 1 is 0.351 bits per heavy atom. The van der Waals surface area contributed by atoms with Gasteiger partial charge >= 0.3 is 0 Å². The number of fused-ring (bicyclic) bond motifs is 2. The molecular weight excluding hydrogens is 899 g/mol. The summed E-state index contributed by atoms with van der Waals surface area (Å²) in [6.45, 7) is 0. The molecule has 0 fully saturated rings. The normalized spacial score (nSPS) is 11.2. The summed E-state index contributed by atoms with van der Waals surface area (Å²) >= 11 is 0. The molecule has 0 aliphatic heterocycles. The number of pyridine rings is 1. The molecular formula is C70H47N3O. The third-order valence-corrected chi connectivity index (χ3v) is 13.8. The lowest BCUT2D eigenvalue weighted by Gasteiger charge is -2.20. The first-order valence-electron chi connectivity index (χ1n) is 25.0. The second kappa shape index (κ2) is 19.4. The fraction of sp³-hybridized carbons (Fsp3) is 0. The van der Waals surface area contributed by atoms with Crippen molar-refractivity contribution >= 4 is 21.8 Å². The zero-order valence-corrected chi connectivity index (χ0v) is 40.4. The van der Waals surface area contributed by atoms with Crippen LogP contribution in [-0.4, -0.2) is 9.55 Å². The van der Waals surface area contributed by atoms with Crippen LogP contribution < -0.4 is 9.30 Å². The Morgan fingerprint density at radius 3 is 1.39 bits per heavy atom. The SMILES string of the molecule is [c-]1n(-c2cccc(Oc3cccc(-c4nccc5ccccc45)c3)c2)c2ccccc2[n+]1-c1c(-c2cc(-c3ccccc3)cc(-c3ccccc3)c2)cccc1-c1cc(-c2ccccc2)cc(-c2ccccc2)c1. The van der Waals surface area contributed by atoms with Gasteiger partial charge in [0, 0.05) is 17.1 Å². The molecule has 0 saturated carbocycles. The van der Waals surface area contributed by atoms with Gasteiger partial charge in [-0.1, -0.05) is 206 Å². The Kier molecular flexibility index (Phi) is 11.5. The monoisotopic (exact) mass is 945 g/mol. The van der Waals surface area contributed by atoms with Gasteiger partial charge in [-0.05, 0) is 145 Å². The number of hydrogen-bond acceptors (Lipinski definition) is 2. The van der Waals surface area contributed by atoms with Crippen LogP contribution >= 0.6 is 0 Å². The molecule has 0 aliphatic carbocycles. The number of rotatable bonds is 11. The fourth-order valence-corrected chi connectivity index (χ4v) is 10.3. The minimum atomic E-state index is 0.710. The van der Waals surface area contributed by atoms with Gasteiger partial charge in [-0.15, -0.1) is 0 Å². The molecule has 0 bridgehead atoms. The van der Waals surface area contributed by atoms with Crippen LogP contribution in [0.2, 0.25) is 0 Å². The minimum absolute atomic E-state index is 0.710. The van der Waals surface area contributed by atoms with Crippen molar-refractivity contribution in [3.8, 4) is 101 Å². The third-order valence-electron chi connectivity index (χ3n) is 13.8. The lowest BCUT2D eigenvalue weighted by Crippen LogP contribution is -2.31. The summed E-state index contributed by atoms with van der Waals surface area (Å²) < 4.78 is 11.1. The Morgan fingerprint density at radius 2 is 0.811 bits per heavy atom. The number of para-hydroxylation sites is 3. The lowest BCUT2D eigenvalue weighted by molar-refractivity contribution is -0.571. The smallest absolute Gasteiger partial charge is 0.269 e. The molecule has 348 valence electrons. The Hall–Kier alpha value is -9.90. The van der Waals surface area contributed by atoms with Gasteiger partial charge in [0.25, 0.3) is 6.33 Å². The Labute approximate surface area is 431 Å². The van der Waals surface area contributed by atoms with E-state index in [4.69, 9.17) is 9.72 Å². The summed E-state index contributed by atoms with van der Waals surface area (Å²) in [5.74, 6) is 1.44. The van der Waals surface area contributed by atoms with Gasteiger partial charge in [-0.25, -0.2) is 0 Å². The molecule has 0 N–H and O–H groups in total. The molecule has 0 aliphatic rings. The molecule has 0 radical (unpaired) electrons. The highest BCUT2D eigenvalue weighted by atomic mass is 16.5. The van der Waals surface area contributed by atoms with Gasteiger partial charge in [0.1, 0.15) is 11.5 Å². The summed E-state index contributed by atoms with van der Waals surface area (Å²) in [6.07, 6.45) is 5.80. The number of nitrogens with zero attached hydrogens (tertiary/aromatic N) is 3. The minimum Gasteiger partial charge on any atom is -0.458 e. The first kappa shape index (κ1) is 44.1. The lowest BCUT2D eigenvalue weighted by atomic mass is 9.89. The van der Waals surface area contributed by atoms with Crippen LogP contribution in [0.3, 0.4) is 0 Å². The maximum Gasteiger partial charge on any atom is 0.269 e. The maximum absolute atomic E-state index is 6.70. The molecule has 13 rings (SSSR count). The highest BCUT2D eigenvalue weighted by Crippen LogP contribution is 2.41. The van der Waals surface area contributed by atoms with Crippen molar-refractivity contribution in [1.29, 1.82) is 0 Å². The average Bonchev–Trinajstić information content (AvgIpc) is 3.89. The predicted octanol–water partition coefficient (Wildman–Crippen LogP) is 17.7. The number of ether oxygens (including phenoxy) is 1. The van der Waals surface area contributed by atoms with E-state index in [0.29, 0.717) is 5.75 Å². The zero-order chi connectivity index (χ0) is 49.2. The molecule has 0 atom stereocenters. The van der Waals surface area contributed by atoms with Gasteiger partial charge in [0.15, 0.2) is 0 Å². The van der Waals surface area contributed by atoms with Gasteiger partial charge in [0.05, 0.1) is 28.1 Å². The highest BCUT2D eigenvalue weighted by molar-refractivity contribution is 5.95. The summed E-state index contributed by atoms with van der Waals surface area (Å²) in [6, 6.07) is 98.9. The van der Waals surface area contributed by atoms with Crippen LogP contribution in [0.1, 0.15) is 0 Å². The van der Waals surface area contributed by atoms with Crippen molar-refractivity contribution in [1.82, 2.24) is 9.55 Å². The molecule has 0 saturated heterocycles. The molecule has 13 aromatic rings. The van der Waals surface area contributed by atoms with E-state index >= 15 is 0 Å². The average molecular weight is 946 g/mol. The van der Waals surface area contributed by atoms with E-state index in [-0.39, 0.29) is 0 Å². The van der Waals surface area contributed by atoms with Crippen molar-refractivity contribution in [3.63, 3.8) is 0 Å². The van der Waals surface area contributed by atoms with E-state index < -0.39 is 0 Å².